The minimum atomic E-state index is 1.17. The van der Waals surface area contributed by atoms with Gasteiger partial charge in [-0.1, -0.05) is 158 Å². The van der Waals surface area contributed by atoms with Crippen molar-refractivity contribution in [2.45, 2.75) is 0 Å². The smallest absolute Gasteiger partial charge is 0.0541 e. The molecule has 0 spiro atoms. The van der Waals surface area contributed by atoms with Crippen LogP contribution in [0.5, 0.6) is 0 Å². The second kappa shape index (κ2) is 11.1. The first-order valence-electron chi connectivity index (χ1n) is 16.9. The Kier molecular flexibility index (Phi) is 6.25. The van der Waals surface area contributed by atoms with Crippen LogP contribution < -0.4 is 0 Å². The van der Waals surface area contributed by atoms with Gasteiger partial charge in [0.1, 0.15) is 0 Å². The molecule has 1 aromatic heterocycles. The van der Waals surface area contributed by atoms with Crippen LogP contribution in [0.15, 0.2) is 188 Å². The van der Waals surface area contributed by atoms with E-state index in [-0.39, 0.29) is 0 Å². The fourth-order valence-electron chi connectivity index (χ4n) is 7.93. The Labute approximate surface area is 284 Å². The Bertz CT molecular complexity index is 2740. The Morgan fingerprint density at radius 2 is 0.653 bits per heavy atom. The summed E-state index contributed by atoms with van der Waals surface area (Å²) >= 11 is 0. The molecular weight excluding hydrogens is 591 g/mol. The highest BCUT2D eigenvalue weighted by Gasteiger charge is 2.17. The normalized spacial score (nSPS) is 11.7. The van der Waals surface area contributed by atoms with Gasteiger partial charge in [0.15, 0.2) is 0 Å². The molecule has 10 aromatic rings. The highest BCUT2D eigenvalue weighted by atomic mass is 15.0. The van der Waals surface area contributed by atoms with Gasteiger partial charge in [0.05, 0.1) is 11.0 Å². The molecule has 0 amide bonds. The van der Waals surface area contributed by atoms with Crippen LogP contribution in [0.3, 0.4) is 0 Å². The van der Waals surface area contributed by atoms with Crippen molar-refractivity contribution in [1.29, 1.82) is 0 Å². The van der Waals surface area contributed by atoms with E-state index in [2.05, 4.69) is 193 Å². The van der Waals surface area contributed by atoms with Crippen molar-refractivity contribution in [2.24, 2.45) is 0 Å². The van der Waals surface area contributed by atoms with E-state index in [9.17, 15) is 0 Å². The highest BCUT2D eigenvalue weighted by Crippen LogP contribution is 2.44. The van der Waals surface area contributed by atoms with E-state index in [1.165, 1.54) is 93.2 Å². The molecule has 0 unspecified atom stereocenters. The zero-order chi connectivity index (χ0) is 32.3. The van der Waals surface area contributed by atoms with E-state index in [1.807, 2.05) is 0 Å². The fraction of sp³-hybridized carbons (Fsp3) is 0. The van der Waals surface area contributed by atoms with E-state index in [4.69, 9.17) is 0 Å². The second-order valence-corrected chi connectivity index (χ2v) is 12.9. The summed E-state index contributed by atoms with van der Waals surface area (Å²) in [6.07, 6.45) is 0. The van der Waals surface area contributed by atoms with E-state index in [0.717, 1.165) is 0 Å². The SMILES string of the molecule is c1ccc2cc(-c3c4ccccc4c(-c4ccc(-c5ccc(-n6c7ccccc7c7ccccc76)cc5)cc4)c4ccccc34)ccc2c1. The lowest BCUT2D eigenvalue weighted by molar-refractivity contribution is 1.18. The molecule has 49 heavy (non-hydrogen) atoms. The third kappa shape index (κ3) is 4.40. The molecule has 0 aliphatic carbocycles. The molecule has 1 heteroatoms. The van der Waals surface area contributed by atoms with Gasteiger partial charge in [-0.3, -0.25) is 0 Å². The first-order valence-corrected chi connectivity index (χ1v) is 16.9. The van der Waals surface area contributed by atoms with Gasteiger partial charge in [-0.25, -0.2) is 0 Å². The molecule has 0 aliphatic rings. The summed E-state index contributed by atoms with van der Waals surface area (Å²) in [6, 6.07) is 68.7. The van der Waals surface area contributed by atoms with Gasteiger partial charge in [0.2, 0.25) is 0 Å². The molecule has 0 bridgehead atoms. The first kappa shape index (κ1) is 27.7. The molecule has 1 heterocycles. The Morgan fingerprint density at radius 1 is 0.265 bits per heavy atom. The molecule has 0 aliphatic heterocycles. The monoisotopic (exact) mass is 621 g/mol. The van der Waals surface area contributed by atoms with Crippen LogP contribution in [-0.4, -0.2) is 4.57 Å². The van der Waals surface area contributed by atoms with Gasteiger partial charge in [-0.15, -0.1) is 0 Å². The van der Waals surface area contributed by atoms with Crippen molar-refractivity contribution in [2.75, 3.05) is 0 Å². The zero-order valence-electron chi connectivity index (χ0n) is 26.8. The van der Waals surface area contributed by atoms with Crippen molar-refractivity contribution < 1.29 is 0 Å². The van der Waals surface area contributed by atoms with Crippen LogP contribution in [0.1, 0.15) is 0 Å². The number of nitrogens with zero attached hydrogens (tertiary/aromatic N) is 1. The van der Waals surface area contributed by atoms with Crippen LogP contribution in [-0.2, 0) is 0 Å². The number of para-hydroxylation sites is 2. The minimum absolute atomic E-state index is 1.17. The van der Waals surface area contributed by atoms with Gasteiger partial charge < -0.3 is 4.57 Å². The van der Waals surface area contributed by atoms with Gasteiger partial charge in [-0.2, -0.15) is 0 Å². The Hall–Kier alpha value is -6.44. The number of hydrogen-bond donors (Lipinski definition) is 0. The molecular formula is C48H31N. The van der Waals surface area contributed by atoms with Crippen LogP contribution >= 0.6 is 0 Å². The van der Waals surface area contributed by atoms with Crippen molar-refractivity contribution in [3.8, 4) is 39.1 Å². The molecule has 0 N–H and O–H groups in total. The van der Waals surface area contributed by atoms with E-state index in [1.54, 1.807) is 0 Å². The lowest BCUT2D eigenvalue weighted by atomic mass is 9.85. The van der Waals surface area contributed by atoms with Crippen molar-refractivity contribution in [1.82, 2.24) is 4.57 Å². The topological polar surface area (TPSA) is 4.93 Å². The van der Waals surface area contributed by atoms with Crippen molar-refractivity contribution in [3.05, 3.63) is 188 Å². The number of rotatable bonds is 4. The molecule has 0 atom stereocenters. The largest absolute Gasteiger partial charge is 0.309 e. The van der Waals surface area contributed by atoms with E-state index in [0.29, 0.717) is 0 Å². The summed E-state index contributed by atoms with van der Waals surface area (Å²) in [7, 11) is 0. The molecule has 0 radical (unpaired) electrons. The number of aromatic nitrogens is 1. The zero-order valence-corrected chi connectivity index (χ0v) is 26.8. The predicted molar refractivity (Wildman–Crippen MR) is 210 cm³/mol. The van der Waals surface area contributed by atoms with Crippen LogP contribution in [0.4, 0.5) is 0 Å². The third-order valence-corrected chi connectivity index (χ3v) is 10.2. The summed E-state index contributed by atoms with van der Waals surface area (Å²) in [5.74, 6) is 0. The number of hydrogen-bond acceptors (Lipinski definition) is 0. The average Bonchev–Trinajstić information content (AvgIpc) is 3.51. The third-order valence-electron chi connectivity index (χ3n) is 10.2. The summed E-state index contributed by atoms with van der Waals surface area (Å²) in [5.41, 5.74) is 11.1. The first-order chi connectivity index (χ1) is 24.3. The summed E-state index contributed by atoms with van der Waals surface area (Å²) in [4.78, 5) is 0. The van der Waals surface area contributed by atoms with Crippen LogP contribution in [0.2, 0.25) is 0 Å². The van der Waals surface area contributed by atoms with Crippen LogP contribution in [0, 0.1) is 0 Å². The predicted octanol–water partition coefficient (Wildman–Crippen LogP) is 13.2. The van der Waals surface area contributed by atoms with E-state index < -0.39 is 0 Å². The average molecular weight is 622 g/mol. The molecule has 9 aromatic carbocycles. The second-order valence-electron chi connectivity index (χ2n) is 12.9. The van der Waals surface area contributed by atoms with Crippen molar-refractivity contribution in [3.63, 3.8) is 0 Å². The summed E-state index contributed by atoms with van der Waals surface area (Å²) < 4.78 is 2.37. The van der Waals surface area contributed by atoms with Gasteiger partial charge in [0.25, 0.3) is 0 Å². The Morgan fingerprint density at radius 3 is 1.20 bits per heavy atom. The number of benzene rings is 9. The molecule has 10 rings (SSSR count). The fourth-order valence-corrected chi connectivity index (χ4v) is 7.93. The van der Waals surface area contributed by atoms with Gasteiger partial charge in [0, 0.05) is 16.5 Å². The maximum absolute atomic E-state index is 2.37. The standard InChI is InChI=1S/C48H31N/c1-2-12-36-31-37(26-23-32(36)11-1)48-43-17-5-3-15-41(43)47(42-16-4-6-18-44(42)48)35-24-21-33(22-25-35)34-27-29-38(30-28-34)49-45-19-9-7-13-39(45)40-14-8-10-20-46(40)49/h1-31H. The maximum atomic E-state index is 2.37. The molecule has 0 saturated carbocycles. The minimum Gasteiger partial charge on any atom is -0.309 e. The van der Waals surface area contributed by atoms with Crippen LogP contribution in [0.25, 0.3) is 93.2 Å². The Balaban J connectivity index is 1.07. The molecule has 0 fully saturated rings. The van der Waals surface area contributed by atoms with Gasteiger partial charge in [-0.05, 0) is 96.0 Å². The lowest BCUT2D eigenvalue weighted by Crippen LogP contribution is -1.93. The number of fused-ring (bicyclic) bond motifs is 6. The highest BCUT2D eigenvalue weighted by molar-refractivity contribution is 6.21. The summed E-state index contributed by atoms with van der Waals surface area (Å²) in [6.45, 7) is 0. The summed E-state index contributed by atoms with van der Waals surface area (Å²) in [5, 5.41) is 10.2. The molecule has 0 saturated heterocycles. The molecule has 1 nitrogen and oxygen atoms in total. The quantitative estimate of drug-likeness (QED) is 0.172. The lowest BCUT2D eigenvalue weighted by Gasteiger charge is -2.18. The molecule has 228 valence electrons. The maximum Gasteiger partial charge on any atom is 0.0541 e. The van der Waals surface area contributed by atoms with Crippen molar-refractivity contribution >= 4 is 54.1 Å². The van der Waals surface area contributed by atoms with Gasteiger partial charge >= 0.3 is 0 Å². The van der Waals surface area contributed by atoms with E-state index >= 15 is 0 Å².